The Morgan fingerprint density at radius 2 is 2.00 bits per heavy atom. The summed E-state index contributed by atoms with van der Waals surface area (Å²) < 4.78 is 2.17. The first kappa shape index (κ1) is 18.0. The van der Waals surface area contributed by atoms with Gasteiger partial charge in [0.25, 0.3) is 0 Å². The lowest BCUT2D eigenvalue weighted by molar-refractivity contribution is -0.115. The Bertz CT molecular complexity index is 956. The third-order valence-electron chi connectivity index (χ3n) is 4.00. The van der Waals surface area contributed by atoms with Gasteiger partial charge in [-0.05, 0) is 49.7 Å². The lowest BCUT2D eigenvalue weighted by atomic mass is 10.2. The molecule has 0 aliphatic carbocycles. The van der Waals surface area contributed by atoms with Gasteiger partial charge in [0.1, 0.15) is 0 Å². The Morgan fingerprint density at radius 1 is 1.27 bits per heavy atom. The van der Waals surface area contributed by atoms with E-state index < -0.39 is 0 Å². The predicted molar refractivity (Wildman–Crippen MR) is 105 cm³/mol. The number of thioether (sulfide) groups is 1. The van der Waals surface area contributed by atoms with Gasteiger partial charge in [-0.25, -0.2) is 4.98 Å². The van der Waals surface area contributed by atoms with Crippen molar-refractivity contribution in [2.45, 2.75) is 37.2 Å². The van der Waals surface area contributed by atoms with Crippen LogP contribution in [0.25, 0.3) is 11.0 Å². The number of benzene rings is 2. The number of amides is 1. The lowest BCUT2D eigenvalue weighted by Gasteiger charge is -2.13. The molecule has 0 fully saturated rings. The van der Waals surface area contributed by atoms with Gasteiger partial charge in [-0.2, -0.15) is 5.26 Å². The van der Waals surface area contributed by atoms with Crippen LogP contribution >= 0.6 is 11.8 Å². The van der Waals surface area contributed by atoms with Crippen LogP contribution < -0.4 is 5.32 Å². The maximum absolute atomic E-state index is 12.5. The van der Waals surface area contributed by atoms with Crippen LogP contribution in [0, 0.1) is 11.3 Å². The Morgan fingerprint density at radius 3 is 2.69 bits per heavy atom. The number of hydrogen-bond acceptors (Lipinski definition) is 4. The summed E-state index contributed by atoms with van der Waals surface area (Å²) in [5, 5.41) is 12.3. The van der Waals surface area contributed by atoms with E-state index in [1.165, 1.54) is 11.8 Å². The minimum atomic E-state index is -0.293. The third kappa shape index (κ3) is 3.89. The number of carbonyl (C=O) groups excluding carboxylic acids is 1. The number of nitrogens with one attached hydrogen (secondary N) is 1. The number of anilines is 1. The number of aromatic nitrogens is 2. The zero-order valence-corrected chi connectivity index (χ0v) is 15.6. The Balaban J connectivity index is 1.75. The van der Waals surface area contributed by atoms with Crippen LogP contribution in [0.4, 0.5) is 5.69 Å². The molecule has 5 nitrogen and oxygen atoms in total. The summed E-state index contributed by atoms with van der Waals surface area (Å²) in [6.07, 6.45) is 1.000. The molecule has 1 N–H and O–H groups in total. The first-order chi connectivity index (χ1) is 12.6. The van der Waals surface area contributed by atoms with Crippen molar-refractivity contribution in [1.82, 2.24) is 9.55 Å². The van der Waals surface area contributed by atoms with Crippen molar-refractivity contribution in [3.05, 3.63) is 54.1 Å². The molecule has 26 heavy (non-hydrogen) atoms. The zero-order chi connectivity index (χ0) is 18.5. The fourth-order valence-corrected chi connectivity index (χ4v) is 3.62. The van der Waals surface area contributed by atoms with E-state index in [0.717, 1.165) is 29.2 Å². The van der Waals surface area contributed by atoms with Gasteiger partial charge in [0.05, 0.1) is 27.9 Å². The monoisotopic (exact) mass is 364 g/mol. The number of aryl methyl sites for hydroxylation is 1. The molecule has 0 aliphatic rings. The molecule has 2 aromatic carbocycles. The molecule has 3 rings (SSSR count). The average molecular weight is 364 g/mol. The van der Waals surface area contributed by atoms with Crippen molar-refractivity contribution in [1.29, 1.82) is 5.26 Å². The maximum Gasteiger partial charge on any atom is 0.237 e. The molecule has 0 spiro atoms. The van der Waals surface area contributed by atoms with E-state index in [4.69, 9.17) is 10.2 Å². The smallest absolute Gasteiger partial charge is 0.237 e. The molecular weight excluding hydrogens is 344 g/mol. The maximum atomic E-state index is 12.5. The van der Waals surface area contributed by atoms with Crippen LogP contribution in [0.3, 0.4) is 0 Å². The minimum Gasteiger partial charge on any atom is -0.325 e. The molecule has 6 heteroatoms. The SMILES string of the molecule is CCCn1c(S[C@H](C)C(=O)Nc2ccc(C#N)cc2)nc2ccccc21. The number of imidazole rings is 1. The Kier molecular flexibility index (Phi) is 5.59. The Hall–Kier alpha value is -2.78. The fourth-order valence-electron chi connectivity index (χ4n) is 2.67. The molecule has 3 aromatic rings. The number of hydrogen-bond donors (Lipinski definition) is 1. The molecular formula is C20H20N4OS. The normalized spacial score (nSPS) is 11.9. The number of rotatable bonds is 6. The van der Waals surface area contributed by atoms with E-state index in [9.17, 15) is 4.79 Å². The molecule has 0 saturated heterocycles. The second kappa shape index (κ2) is 8.07. The summed E-state index contributed by atoms with van der Waals surface area (Å²) in [7, 11) is 0. The molecule has 0 saturated carbocycles. The van der Waals surface area contributed by atoms with Gasteiger partial charge in [-0.1, -0.05) is 30.8 Å². The largest absolute Gasteiger partial charge is 0.325 e. The number of fused-ring (bicyclic) bond motifs is 1. The topological polar surface area (TPSA) is 70.7 Å². The first-order valence-electron chi connectivity index (χ1n) is 8.55. The number of nitriles is 1. The van der Waals surface area contributed by atoms with E-state index in [0.29, 0.717) is 11.3 Å². The van der Waals surface area contributed by atoms with Crippen molar-refractivity contribution in [2.24, 2.45) is 0 Å². The Labute approximate surface area is 157 Å². The van der Waals surface area contributed by atoms with E-state index in [1.807, 2.05) is 25.1 Å². The highest BCUT2D eigenvalue weighted by Gasteiger charge is 2.19. The van der Waals surface area contributed by atoms with Crippen LogP contribution in [0.15, 0.2) is 53.7 Å². The number of carbonyl (C=O) groups is 1. The quantitative estimate of drug-likeness (QED) is 0.657. The molecule has 1 amide bonds. The van der Waals surface area contributed by atoms with Crippen molar-refractivity contribution < 1.29 is 4.79 Å². The van der Waals surface area contributed by atoms with E-state index in [-0.39, 0.29) is 11.2 Å². The summed E-state index contributed by atoms with van der Waals surface area (Å²) in [5.41, 5.74) is 3.29. The van der Waals surface area contributed by atoms with E-state index in [1.54, 1.807) is 24.3 Å². The van der Waals surface area contributed by atoms with Crippen LogP contribution in [0.5, 0.6) is 0 Å². The zero-order valence-electron chi connectivity index (χ0n) is 14.8. The molecule has 0 aliphatic heterocycles. The van der Waals surface area contributed by atoms with Crippen molar-refractivity contribution in [2.75, 3.05) is 5.32 Å². The summed E-state index contributed by atoms with van der Waals surface area (Å²) in [4.78, 5) is 17.2. The van der Waals surface area contributed by atoms with Crippen LogP contribution in [0.1, 0.15) is 25.8 Å². The van der Waals surface area contributed by atoms with Gasteiger partial charge in [-0.15, -0.1) is 0 Å². The van der Waals surface area contributed by atoms with Gasteiger partial charge in [-0.3, -0.25) is 4.79 Å². The minimum absolute atomic E-state index is 0.0881. The average Bonchev–Trinajstić information content (AvgIpc) is 3.00. The van der Waals surface area contributed by atoms with Gasteiger partial charge >= 0.3 is 0 Å². The highest BCUT2D eigenvalue weighted by Crippen LogP contribution is 2.28. The predicted octanol–water partition coefficient (Wildman–Crippen LogP) is 4.44. The van der Waals surface area contributed by atoms with Gasteiger partial charge in [0.2, 0.25) is 5.91 Å². The molecule has 0 unspecified atom stereocenters. The highest BCUT2D eigenvalue weighted by molar-refractivity contribution is 8.00. The number of para-hydroxylation sites is 2. The van der Waals surface area contributed by atoms with Crippen molar-refractivity contribution in [3.63, 3.8) is 0 Å². The first-order valence-corrected chi connectivity index (χ1v) is 9.43. The van der Waals surface area contributed by atoms with Gasteiger partial charge < -0.3 is 9.88 Å². The lowest BCUT2D eigenvalue weighted by Crippen LogP contribution is -2.22. The summed E-state index contributed by atoms with van der Waals surface area (Å²) in [6, 6.07) is 16.9. The summed E-state index contributed by atoms with van der Waals surface area (Å²) >= 11 is 1.46. The summed E-state index contributed by atoms with van der Waals surface area (Å²) in [5.74, 6) is -0.0881. The number of nitrogens with zero attached hydrogens (tertiary/aromatic N) is 3. The van der Waals surface area contributed by atoms with Crippen molar-refractivity contribution in [3.8, 4) is 6.07 Å². The highest BCUT2D eigenvalue weighted by atomic mass is 32.2. The van der Waals surface area contributed by atoms with Gasteiger partial charge in [0, 0.05) is 12.2 Å². The fraction of sp³-hybridized carbons (Fsp3) is 0.250. The molecule has 1 aromatic heterocycles. The second-order valence-corrected chi connectivity index (χ2v) is 7.28. The van der Waals surface area contributed by atoms with E-state index in [2.05, 4.69) is 28.9 Å². The van der Waals surface area contributed by atoms with Gasteiger partial charge in [0.15, 0.2) is 5.16 Å². The molecule has 132 valence electrons. The summed E-state index contributed by atoms with van der Waals surface area (Å²) in [6.45, 7) is 4.87. The molecule has 0 bridgehead atoms. The standard InChI is InChI=1S/C20H20N4OS/c1-3-12-24-18-7-5-4-6-17(18)23-20(24)26-14(2)19(25)22-16-10-8-15(13-21)9-11-16/h4-11,14H,3,12H2,1-2H3,(H,22,25)/t14-/m1/s1. The second-order valence-electron chi connectivity index (χ2n) is 5.97. The van der Waals surface area contributed by atoms with Crippen molar-refractivity contribution >= 4 is 34.4 Å². The van der Waals surface area contributed by atoms with Crippen LogP contribution in [-0.4, -0.2) is 20.7 Å². The third-order valence-corrected chi connectivity index (χ3v) is 5.09. The van der Waals surface area contributed by atoms with Crippen LogP contribution in [0.2, 0.25) is 0 Å². The molecule has 1 atom stereocenters. The molecule has 0 radical (unpaired) electrons. The van der Waals surface area contributed by atoms with E-state index >= 15 is 0 Å². The molecule has 1 heterocycles. The van der Waals surface area contributed by atoms with Crippen LogP contribution in [-0.2, 0) is 11.3 Å².